The molecule has 0 unspecified atom stereocenters. The van der Waals surface area contributed by atoms with Gasteiger partial charge < -0.3 is 0 Å². The van der Waals surface area contributed by atoms with Gasteiger partial charge >= 0.3 is 40.2 Å². The van der Waals surface area contributed by atoms with Crippen LogP contribution < -0.4 is 29.6 Å². The van der Waals surface area contributed by atoms with Gasteiger partial charge in [-0.1, -0.05) is 5.56 Å². The zero-order valence-corrected chi connectivity index (χ0v) is 10.7. The molecular formula is C8H7NaO4S. The summed E-state index contributed by atoms with van der Waals surface area (Å²) in [6.45, 7) is 1.55. The molecule has 6 heteroatoms. The summed E-state index contributed by atoms with van der Waals surface area (Å²) in [5.41, 5.74) is 0.744. The molecular weight excluding hydrogens is 215 g/mol. The minimum Gasteiger partial charge on any atom is -0.297 e. The Balaban J connectivity index is 0. The zero-order valence-electron chi connectivity index (χ0n) is 7.85. The predicted octanol–water partition coefficient (Wildman–Crippen LogP) is -2.31. The fourth-order valence-corrected chi connectivity index (χ4v) is 0.622. The van der Waals surface area contributed by atoms with Crippen LogP contribution in [0.4, 0.5) is 0 Å². The maximum absolute atomic E-state index is 10.6. The molecule has 0 bridgehead atoms. The summed E-state index contributed by atoms with van der Waals surface area (Å²) in [7, 11) is -3.11. The Bertz CT molecular complexity index is 363. The summed E-state index contributed by atoms with van der Waals surface area (Å²) >= 11 is 0. The van der Waals surface area contributed by atoms with Gasteiger partial charge in [-0.15, -0.1) is 12.6 Å². The van der Waals surface area contributed by atoms with Gasteiger partial charge in [-0.05, 0) is 6.92 Å². The number of carbonyl (C=O) groups excluding carboxylic acids is 1. The van der Waals surface area contributed by atoms with Crippen LogP contribution in [0.25, 0.3) is 0 Å². The molecule has 0 radical (unpaired) electrons. The molecule has 0 aliphatic rings. The molecule has 1 rings (SSSR count). The minimum absolute atomic E-state index is 0. The van der Waals surface area contributed by atoms with Gasteiger partial charge in [0, 0.05) is 0 Å². The van der Waals surface area contributed by atoms with Gasteiger partial charge in [0.15, 0.2) is 0 Å². The number of hydrogen-bond donors (Lipinski definition) is 0. The number of hydrogen-bond acceptors (Lipinski definition) is 4. The predicted molar refractivity (Wildman–Crippen MR) is 45.0 cm³/mol. The molecule has 14 heavy (non-hydrogen) atoms. The van der Waals surface area contributed by atoms with Gasteiger partial charge in [0.1, 0.15) is 5.78 Å². The van der Waals surface area contributed by atoms with E-state index in [1.54, 1.807) is 31.2 Å². The Morgan fingerprint density at radius 2 is 1.57 bits per heavy atom. The van der Waals surface area contributed by atoms with Gasteiger partial charge in [0.05, 0.1) is 0 Å². The first-order valence-electron chi connectivity index (χ1n) is 3.28. The van der Waals surface area contributed by atoms with E-state index < -0.39 is 10.6 Å². The monoisotopic (exact) mass is 222 g/mol. The molecule has 0 aliphatic carbocycles. The van der Waals surface area contributed by atoms with Crippen molar-refractivity contribution in [2.45, 2.75) is 6.92 Å². The first-order valence-corrected chi connectivity index (χ1v) is 4.28. The van der Waals surface area contributed by atoms with Crippen molar-refractivity contribution in [2.75, 3.05) is 0 Å². The van der Waals surface area contributed by atoms with E-state index in [0.717, 1.165) is 5.56 Å². The summed E-state index contributed by atoms with van der Waals surface area (Å²) in [6.07, 6.45) is 0. The summed E-state index contributed by atoms with van der Waals surface area (Å²) in [5.74, 6) is 0.101. The van der Waals surface area contributed by atoms with Crippen LogP contribution in [0.2, 0.25) is 0 Å². The van der Waals surface area contributed by atoms with E-state index in [0.29, 0.717) is 0 Å². The number of Topliss-reactive ketones (excluding diaryl/α,β-unsaturated/α-hetero) is 1. The normalized spacial score (nSPS) is 7.50. The molecule has 0 saturated heterocycles. The van der Waals surface area contributed by atoms with Crippen LogP contribution >= 0.6 is 0 Å². The fraction of sp³-hybridized carbons (Fsp3) is 0.125. The zero-order chi connectivity index (χ0) is 10.3. The molecule has 0 heterocycles. The number of rotatable bonds is 1. The second-order valence-electron chi connectivity index (χ2n) is 2.05. The van der Waals surface area contributed by atoms with E-state index in [-0.39, 0.29) is 35.3 Å². The second kappa shape index (κ2) is 9.08. The van der Waals surface area contributed by atoms with E-state index in [1.165, 1.54) is 0 Å². The van der Waals surface area contributed by atoms with Crippen LogP contribution in [0.15, 0.2) is 24.3 Å². The SMILES string of the molecule is CC(=O)c1cc[c-]cc1.O=S(=O)=O.[Na+]. The topological polar surface area (TPSA) is 68.3 Å². The van der Waals surface area contributed by atoms with Crippen LogP contribution in [0.5, 0.6) is 0 Å². The Kier molecular flexibility index (Phi) is 10.4. The van der Waals surface area contributed by atoms with Gasteiger partial charge in [0.2, 0.25) is 0 Å². The smallest absolute Gasteiger partial charge is 0.297 e. The maximum Gasteiger partial charge on any atom is 1.00 e. The van der Waals surface area contributed by atoms with Crippen LogP contribution in [-0.4, -0.2) is 18.4 Å². The molecule has 0 aliphatic heterocycles. The van der Waals surface area contributed by atoms with Crippen LogP contribution in [0.3, 0.4) is 0 Å². The molecule has 70 valence electrons. The first-order chi connectivity index (χ1) is 6.04. The van der Waals surface area contributed by atoms with Crippen molar-refractivity contribution in [1.29, 1.82) is 0 Å². The Morgan fingerprint density at radius 3 is 1.79 bits per heavy atom. The third kappa shape index (κ3) is 9.60. The van der Waals surface area contributed by atoms with Crippen molar-refractivity contribution < 1.29 is 47.0 Å². The Hall–Kier alpha value is -0.490. The van der Waals surface area contributed by atoms with Crippen molar-refractivity contribution in [1.82, 2.24) is 0 Å². The number of benzene rings is 1. The molecule has 0 aromatic heterocycles. The molecule has 0 spiro atoms. The molecule has 0 fully saturated rings. The molecule has 0 atom stereocenters. The van der Waals surface area contributed by atoms with Crippen LogP contribution in [0, 0.1) is 6.07 Å². The average Bonchev–Trinajstić information content (AvgIpc) is 2.05. The quantitative estimate of drug-likeness (QED) is 0.304. The van der Waals surface area contributed by atoms with Gasteiger partial charge in [-0.2, -0.15) is 30.3 Å². The van der Waals surface area contributed by atoms with E-state index in [4.69, 9.17) is 12.6 Å². The van der Waals surface area contributed by atoms with Gasteiger partial charge in [-0.25, -0.2) is 0 Å². The number of ketones is 1. The van der Waals surface area contributed by atoms with Crippen LogP contribution in [0.1, 0.15) is 17.3 Å². The molecule has 1 aromatic carbocycles. The fourth-order valence-electron chi connectivity index (χ4n) is 0.622. The van der Waals surface area contributed by atoms with Crippen molar-refractivity contribution in [3.63, 3.8) is 0 Å². The van der Waals surface area contributed by atoms with Crippen molar-refractivity contribution in [3.05, 3.63) is 35.9 Å². The number of carbonyl (C=O) groups is 1. The first kappa shape index (κ1) is 16.0. The Morgan fingerprint density at radius 1 is 1.21 bits per heavy atom. The Labute approximate surface area is 106 Å². The minimum atomic E-state index is -3.11. The average molecular weight is 222 g/mol. The molecule has 0 amide bonds. The second-order valence-corrected chi connectivity index (χ2v) is 2.46. The molecule has 4 nitrogen and oxygen atoms in total. The summed E-state index contributed by atoms with van der Waals surface area (Å²) < 4.78 is 25.3. The molecule has 0 N–H and O–H groups in total. The van der Waals surface area contributed by atoms with Crippen molar-refractivity contribution in [3.8, 4) is 0 Å². The largest absolute Gasteiger partial charge is 1.00 e. The third-order valence-electron chi connectivity index (χ3n) is 1.12. The van der Waals surface area contributed by atoms with E-state index >= 15 is 0 Å². The van der Waals surface area contributed by atoms with Crippen LogP contribution in [-0.2, 0) is 10.6 Å². The van der Waals surface area contributed by atoms with Gasteiger partial charge in [0.25, 0.3) is 0 Å². The van der Waals surface area contributed by atoms with Crippen molar-refractivity contribution >= 4 is 16.4 Å². The van der Waals surface area contributed by atoms with E-state index in [1.807, 2.05) is 0 Å². The van der Waals surface area contributed by atoms with Crippen molar-refractivity contribution in [2.24, 2.45) is 0 Å². The van der Waals surface area contributed by atoms with E-state index in [9.17, 15) is 4.79 Å². The summed E-state index contributed by atoms with van der Waals surface area (Å²) in [4.78, 5) is 10.6. The molecule has 0 saturated carbocycles. The maximum atomic E-state index is 10.6. The third-order valence-corrected chi connectivity index (χ3v) is 1.12. The standard InChI is InChI=1S/C8H7O.Na.O3S/c1-7(9)8-5-3-2-4-6-8;;1-4(2)3/h3-6H,1H3;;/q-1;+1;. The summed E-state index contributed by atoms with van der Waals surface area (Å²) in [5, 5.41) is 0. The summed E-state index contributed by atoms with van der Waals surface area (Å²) in [6, 6.07) is 9.81. The van der Waals surface area contributed by atoms with Gasteiger partial charge in [-0.3, -0.25) is 4.79 Å². The van der Waals surface area contributed by atoms with E-state index in [2.05, 4.69) is 6.07 Å². The molecule has 1 aromatic rings.